The molecule has 1 aromatic carbocycles. The van der Waals surface area contributed by atoms with Crippen LogP contribution in [-0.2, 0) is 29.8 Å². The van der Waals surface area contributed by atoms with Crippen LogP contribution in [0.15, 0.2) is 35.4 Å². The second-order valence-corrected chi connectivity index (χ2v) is 15.6. The van der Waals surface area contributed by atoms with Crippen molar-refractivity contribution in [3.8, 4) is 0 Å². The molecule has 208 valence electrons. The minimum atomic E-state index is -4.37. The van der Waals surface area contributed by atoms with Crippen LogP contribution in [0.1, 0.15) is 65.5 Å². The second kappa shape index (κ2) is 8.68. The molecule has 2 N–H and O–H groups in total. The molecule has 0 aliphatic heterocycles. The molecule has 0 aromatic heterocycles. The van der Waals surface area contributed by atoms with E-state index in [0.29, 0.717) is 24.0 Å². The average molecular weight is 565 g/mol. The summed E-state index contributed by atoms with van der Waals surface area (Å²) in [6, 6.07) is 7.24. The normalized spacial score (nSPS) is 34.5. The number of benzene rings is 1. The number of rotatable bonds is 6. The van der Waals surface area contributed by atoms with Gasteiger partial charge in [-0.25, -0.2) is 0 Å². The maximum absolute atomic E-state index is 13.4. The van der Waals surface area contributed by atoms with E-state index < -0.39 is 53.4 Å². The highest BCUT2D eigenvalue weighted by atomic mass is 32.2. The zero-order valence-electron chi connectivity index (χ0n) is 22.6. The molecule has 10 heteroatoms. The van der Waals surface area contributed by atoms with Crippen molar-refractivity contribution in [3.63, 3.8) is 0 Å². The SMILES string of the molecule is CC1/C(=C/c2ccc(/C=C3\C(=O)C4(CS(=O)(=O)O)CCC3C4(C)C)cc2)C(=O)C(C)(CS(=O)(=O)O)C1(C)C. The first-order valence-corrected chi connectivity index (χ1v) is 15.9. The Kier molecular flexibility index (Phi) is 6.59. The summed E-state index contributed by atoms with van der Waals surface area (Å²) in [4.78, 5) is 26.8. The van der Waals surface area contributed by atoms with E-state index in [0.717, 1.165) is 11.1 Å². The van der Waals surface area contributed by atoms with Gasteiger partial charge in [0.25, 0.3) is 20.2 Å². The molecule has 0 amide bonds. The number of hydrogen-bond donors (Lipinski definition) is 2. The number of carbonyl (C=O) groups excluding carboxylic acids is 2. The molecule has 4 rings (SSSR count). The van der Waals surface area contributed by atoms with Crippen molar-refractivity contribution in [2.45, 2.75) is 54.4 Å². The van der Waals surface area contributed by atoms with Gasteiger partial charge in [-0.2, -0.15) is 16.8 Å². The third kappa shape index (κ3) is 4.33. The highest BCUT2D eigenvalue weighted by molar-refractivity contribution is 7.86. The van der Waals surface area contributed by atoms with Crippen molar-refractivity contribution in [2.24, 2.45) is 33.5 Å². The second-order valence-electron chi connectivity index (χ2n) is 12.6. The van der Waals surface area contributed by atoms with E-state index in [9.17, 15) is 35.5 Å². The molecule has 3 aliphatic rings. The summed E-state index contributed by atoms with van der Waals surface area (Å²) in [5, 5.41) is 0. The summed E-state index contributed by atoms with van der Waals surface area (Å²) < 4.78 is 65.9. The molecule has 0 heterocycles. The number of allylic oxidation sites excluding steroid dienone is 2. The Balaban J connectivity index is 1.65. The fourth-order valence-corrected chi connectivity index (χ4v) is 9.63. The van der Waals surface area contributed by atoms with Gasteiger partial charge in [0.05, 0.1) is 22.3 Å². The molecular formula is C28H36O8S2. The van der Waals surface area contributed by atoms with Crippen molar-refractivity contribution in [1.82, 2.24) is 0 Å². The summed E-state index contributed by atoms with van der Waals surface area (Å²) in [7, 11) is -8.70. The minimum Gasteiger partial charge on any atom is -0.294 e. The van der Waals surface area contributed by atoms with Crippen molar-refractivity contribution in [2.75, 3.05) is 11.5 Å². The monoisotopic (exact) mass is 564 g/mol. The van der Waals surface area contributed by atoms with Gasteiger partial charge < -0.3 is 0 Å². The summed E-state index contributed by atoms with van der Waals surface area (Å²) in [5.41, 5.74) is -1.17. The first kappa shape index (κ1) is 28.9. The number of hydrogen-bond acceptors (Lipinski definition) is 6. The molecule has 38 heavy (non-hydrogen) atoms. The van der Waals surface area contributed by atoms with Crippen LogP contribution in [0.5, 0.6) is 0 Å². The Morgan fingerprint density at radius 2 is 1.26 bits per heavy atom. The van der Waals surface area contributed by atoms with Crippen molar-refractivity contribution >= 4 is 44.0 Å². The molecule has 8 nitrogen and oxygen atoms in total. The van der Waals surface area contributed by atoms with E-state index in [-0.39, 0.29) is 23.4 Å². The van der Waals surface area contributed by atoms with Gasteiger partial charge in [0.15, 0.2) is 11.6 Å². The molecule has 0 radical (unpaired) electrons. The Labute approximate surface area is 225 Å². The van der Waals surface area contributed by atoms with Crippen LogP contribution in [0, 0.1) is 33.5 Å². The number of ketones is 2. The van der Waals surface area contributed by atoms with Crippen molar-refractivity contribution in [1.29, 1.82) is 0 Å². The molecule has 1 aromatic rings. The topological polar surface area (TPSA) is 143 Å². The first-order chi connectivity index (χ1) is 17.2. The lowest BCUT2D eigenvalue weighted by Crippen LogP contribution is -2.42. The highest BCUT2D eigenvalue weighted by Crippen LogP contribution is 2.66. The average Bonchev–Trinajstić information content (AvgIpc) is 3.14. The van der Waals surface area contributed by atoms with Gasteiger partial charge >= 0.3 is 0 Å². The zero-order chi connectivity index (χ0) is 28.7. The van der Waals surface area contributed by atoms with Crippen molar-refractivity contribution in [3.05, 3.63) is 46.5 Å². The summed E-state index contributed by atoms with van der Waals surface area (Å²) >= 11 is 0. The zero-order valence-corrected chi connectivity index (χ0v) is 24.2. The molecule has 3 aliphatic carbocycles. The number of fused-ring (bicyclic) bond motifs is 2. The third-order valence-electron chi connectivity index (χ3n) is 10.3. The Bertz CT molecular complexity index is 1440. The van der Waals surface area contributed by atoms with E-state index in [1.54, 1.807) is 19.1 Å². The van der Waals surface area contributed by atoms with Crippen LogP contribution in [0.3, 0.4) is 0 Å². The maximum atomic E-state index is 13.4. The van der Waals surface area contributed by atoms with Gasteiger partial charge in [0.1, 0.15) is 0 Å². The van der Waals surface area contributed by atoms with Gasteiger partial charge in [-0.3, -0.25) is 18.7 Å². The largest absolute Gasteiger partial charge is 0.294 e. The molecule has 3 saturated carbocycles. The van der Waals surface area contributed by atoms with E-state index in [1.807, 2.05) is 58.9 Å². The van der Waals surface area contributed by atoms with Crippen LogP contribution in [0.25, 0.3) is 12.2 Å². The van der Waals surface area contributed by atoms with E-state index >= 15 is 0 Å². The van der Waals surface area contributed by atoms with Gasteiger partial charge in [0, 0.05) is 5.57 Å². The van der Waals surface area contributed by atoms with Crippen molar-refractivity contribution < 1.29 is 35.5 Å². The predicted molar refractivity (Wildman–Crippen MR) is 145 cm³/mol. The molecule has 3 fully saturated rings. The van der Waals surface area contributed by atoms with Gasteiger partial charge in [-0.1, -0.05) is 65.8 Å². The fraction of sp³-hybridized carbons (Fsp3) is 0.571. The minimum absolute atomic E-state index is 0.113. The van der Waals surface area contributed by atoms with Crippen LogP contribution < -0.4 is 0 Å². The molecule has 4 unspecified atom stereocenters. The van der Waals surface area contributed by atoms with Crippen LogP contribution in [0.2, 0.25) is 0 Å². The summed E-state index contributed by atoms with van der Waals surface area (Å²) in [6.45, 7) is 10.9. The smallest absolute Gasteiger partial charge is 0.265 e. The predicted octanol–water partition coefficient (Wildman–Crippen LogP) is 4.49. The molecule has 2 bridgehead atoms. The molecular weight excluding hydrogens is 528 g/mol. The van der Waals surface area contributed by atoms with Crippen LogP contribution in [-0.4, -0.2) is 49.0 Å². The summed E-state index contributed by atoms with van der Waals surface area (Å²) in [5.74, 6) is -2.13. The highest BCUT2D eigenvalue weighted by Gasteiger charge is 2.67. The first-order valence-electron chi connectivity index (χ1n) is 12.7. The van der Waals surface area contributed by atoms with Gasteiger partial charge in [0.2, 0.25) is 0 Å². The third-order valence-corrected chi connectivity index (χ3v) is 12.1. The number of Topliss-reactive ketones (excluding diaryl/α,β-unsaturated/α-hetero) is 2. The fourth-order valence-electron chi connectivity index (χ4n) is 7.12. The molecule has 0 saturated heterocycles. The Morgan fingerprint density at radius 3 is 1.74 bits per heavy atom. The van der Waals surface area contributed by atoms with E-state index in [2.05, 4.69) is 0 Å². The van der Waals surface area contributed by atoms with Gasteiger partial charge in [-0.15, -0.1) is 0 Å². The summed E-state index contributed by atoms with van der Waals surface area (Å²) in [6.07, 6.45) is 4.62. The lowest BCUT2D eigenvalue weighted by Gasteiger charge is -2.37. The lowest BCUT2D eigenvalue weighted by molar-refractivity contribution is -0.125. The van der Waals surface area contributed by atoms with Crippen LogP contribution >= 0.6 is 0 Å². The van der Waals surface area contributed by atoms with E-state index in [4.69, 9.17) is 0 Å². The quantitative estimate of drug-likeness (QED) is 0.380. The molecule has 0 spiro atoms. The number of carbonyl (C=O) groups is 2. The maximum Gasteiger partial charge on any atom is 0.265 e. The van der Waals surface area contributed by atoms with E-state index in [1.165, 1.54) is 0 Å². The Hall–Kier alpha value is -2.14. The lowest BCUT2D eigenvalue weighted by atomic mass is 9.67. The van der Waals surface area contributed by atoms with Gasteiger partial charge in [-0.05, 0) is 64.4 Å². The molecule has 4 atom stereocenters. The Morgan fingerprint density at radius 1 is 0.789 bits per heavy atom. The van der Waals surface area contributed by atoms with Crippen LogP contribution in [0.4, 0.5) is 0 Å². The standard InChI is InChI=1S/C28H36O8S2/c1-17-20(23(29)27(6,25(17,2)3)15-37(31,32)33)13-18-7-9-19(10-8-18)14-21-22-11-12-28(24(21)30,26(22,4)5)16-38(34,35)36/h7-10,13-14,17,22H,11-12,15-16H2,1-6H3,(H,31,32,33)(H,34,35,36)/b20-13-,21-14-.